The van der Waals surface area contributed by atoms with Gasteiger partial charge in [0.1, 0.15) is 5.82 Å². The first-order chi connectivity index (χ1) is 8.16. The molecule has 0 amide bonds. The summed E-state index contributed by atoms with van der Waals surface area (Å²) in [5.74, 6) is -0.251. The van der Waals surface area contributed by atoms with Crippen molar-refractivity contribution in [3.05, 3.63) is 35.6 Å². The summed E-state index contributed by atoms with van der Waals surface area (Å²) in [6.45, 7) is 0. The van der Waals surface area contributed by atoms with Crippen LogP contribution in [0, 0.1) is 5.82 Å². The van der Waals surface area contributed by atoms with E-state index in [4.69, 9.17) is 0 Å². The van der Waals surface area contributed by atoms with Gasteiger partial charge >= 0.3 is 0 Å². The average molecular weight is 252 g/mol. The van der Waals surface area contributed by atoms with E-state index in [2.05, 4.69) is 0 Å². The summed E-state index contributed by atoms with van der Waals surface area (Å²) < 4.78 is 13.3. The van der Waals surface area contributed by atoms with Crippen LogP contribution in [-0.4, -0.2) is 15.6 Å². The Balaban J connectivity index is 1.90. The predicted molar refractivity (Wildman–Crippen MR) is 68.5 cm³/mol. The highest BCUT2D eigenvalue weighted by Gasteiger charge is 2.42. The predicted octanol–water partition coefficient (Wildman–Crippen LogP) is 3.46. The van der Waals surface area contributed by atoms with Crippen molar-refractivity contribution in [2.24, 2.45) is 0 Å². The molecule has 0 saturated carbocycles. The molecule has 1 nitrogen and oxygen atoms in total. The largest absolute Gasteiger partial charge is 0.385 e. The lowest BCUT2D eigenvalue weighted by Crippen LogP contribution is -2.40. The van der Waals surface area contributed by atoms with E-state index in [1.807, 2.05) is 17.8 Å². The number of halogens is 1. The van der Waals surface area contributed by atoms with Gasteiger partial charge in [-0.2, -0.15) is 11.8 Å². The second-order valence-corrected chi connectivity index (χ2v) is 6.87. The Morgan fingerprint density at radius 1 is 1.24 bits per heavy atom. The fourth-order valence-electron chi connectivity index (χ4n) is 3.13. The molecular formula is C14H17FOS. The molecule has 1 N–H and O–H groups in total. The van der Waals surface area contributed by atoms with E-state index >= 15 is 0 Å². The van der Waals surface area contributed by atoms with E-state index in [0.717, 1.165) is 18.4 Å². The third kappa shape index (κ3) is 2.23. The summed E-state index contributed by atoms with van der Waals surface area (Å²) in [5.41, 5.74) is -0.0435. The Bertz CT molecular complexity index is 408. The molecule has 2 aliphatic rings. The molecule has 2 aliphatic heterocycles. The summed E-state index contributed by atoms with van der Waals surface area (Å²) in [5, 5.41) is 11.9. The zero-order valence-corrected chi connectivity index (χ0v) is 10.5. The van der Waals surface area contributed by atoms with Crippen LogP contribution in [0.1, 0.15) is 37.7 Å². The highest BCUT2D eigenvalue weighted by molar-refractivity contribution is 8.00. The average Bonchev–Trinajstić information content (AvgIpc) is 2.28. The molecule has 0 spiro atoms. The molecule has 92 valence electrons. The molecule has 0 aromatic heterocycles. The maximum Gasteiger partial charge on any atom is 0.123 e. The molecule has 17 heavy (non-hydrogen) atoms. The van der Waals surface area contributed by atoms with Crippen LogP contribution < -0.4 is 0 Å². The molecule has 3 rings (SSSR count). The van der Waals surface area contributed by atoms with Crippen LogP contribution in [0.5, 0.6) is 0 Å². The second kappa shape index (κ2) is 4.29. The highest BCUT2D eigenvalue weighted by atomic mass is 32.2. The minimum Gasteiger partial charge on any atom is -0.385 e. The standard InChI is InChI=1S/C14H17FOS/c15-11-4-1-3-10(7-11)14(16)8-12-5-2-6-13(9-14)17-12/h1,3-4,7,12-13,16H,2,5-6,8-9H2. The molecule has 1 aromatic carbocycles. The lowest BCUT2D eigenvalue weighted by atomic mass is 9.80. The number of thioether (sulfide) groups is 1. The van der Waals surface area contributed by atoms with Crippen molar-refractivity contribution in [1.82, 2.24) is 0 Å². The van der Waals surface area contributed by atoms with Crippen LogP contribution in [-0.2, 0) is 5.60 Å². The van der Waals surface area contributed by atoms with Gasteiger partial charge in [0.2, 0.25) is 0 Å². The van der Waals surface area contributed by atoms with Gasteiger partial charge in [-0.3, -0.25) is 0 Å². The number of benzene rings is 1. The summed E-state index contributed by atoms with van der Waals surface area (Å²) in [4.78, 5) is 0. The summed E-state index contributed by atoms with van der Waals surface area (Å²) >= 11 is 2.02. The first-order valence-electron chi connectivity index (χ1n) is 6.30. The van der Waals surface area contributed by atoms with Crippen LogP contribution >= 0.6 is 11.8 Å². The Kier molecular flexibility index (Phi) is 2.91. The number of fused-ring (bicyclic) bond motifs is 2. The fourth-order valence-corrected chi connectivity index (χ4v) is 5.03. The molecule has 2 fully saturated rings. The van der Waals surface area contributed by atoms with Crippen molar-refractivity contribution in [3.8, 4) is 0 Å². The van der Waals surface area contributed by atoms with Gasteiger partial charge in [-0.25, -0.2) is 4.39 Å². The smallest absolute Gasteiger partial charge is 0.123 e. The van der Waals surface area contributed by atoms with Gasteiger partial charge in [-0.05, 0) is 43.4 Å². The molecule has 2 saturated heterocycles. The van der Waals surface area contributed by atoms with Crippen molar-refractivity contribution >= 4 is 11.8 Å². The molecule has 0 aliphatic carbocycles. The van der Waals surface area contributed by atoms with Crippen molar-refractivity contribution in [3.63, 3.8) is 0 Å². The van der Waals surface area contributed by atoms with Gasteiger partial charge < -0.3 is 5.11 Å². The van der Waals surface area contributed by atoms with Gasteiger partial charge in [0.05, 0.1) is 5.60 Å². The third-order valence-electron chi connectivity index (χ3n) is 3.93. The molecule has 2 bridgehead atoms. The van der Waals surface area contributed by atoms with Crippen LogP contribution in [0.2, 0.25) is 0 Å². The Morgan fingerprint density at radius 3 is 2.59 bits per heavy atom. The maximum atomic E-state index is 13.3. The van der Waals surface area contributed by atoms with Crippen LogP contribution in [0.15, 0.2) is 24.3 Å². The summed E-state index contributed by atoms with van der Waals surface area (Å²) in [7, 11) is 0. The normalized spacial score (nSPS) is 36.8. The quantitative estimate of drug-likeness (QED) is 0.826. The monoisotopic (exact) mass is 252 g/mol. The Morgan fingerprint density at radius 2 is 1.94 bits per heavy atom. The van der Waals surface area contributed by atoms with Gasteiger partial charge in [-0.15, -0.1) is 0 Å². The van der Waals surface area contributed by atoms with Crippen molar-refractivity contribution < 1.29 is 9.50 Å². The minimum atomic E-state index is -0.802. The topological polar surface area (TPSA) is 20.2 Å². The Labute approximate surface area is 105 Å². The van der Waals surface area contributed by atoms with E-state index in [1.165, 1.54) is 31.4 Å². The molecule has 2 heterocycles. The second-order valence-electron chi connectivity index (χ2n) is 5.26. The number of hydrogen-bond acceptors (Lipinski definition) is 2. The van der Waals surface area contributed by atoms with E-state index < -0.39 is 5.60 Å². The fraction of sp³-hybridized carbons (Fsp3) is 0.571. The van der Waals surface area contributed by atoms with Crippen molar-refractivity contribution in [2.45, 2.75) is 48.2 Å². The molecular weight excluding hydrogens is 235 g/mol. The zero-order valence-electron chi connectivity index (χ0n) is 9.73. The maximum absolute atomic E-state index is 13.3. The zero-order chi connectivity index (χ0) is 11.9. The highest BCUT2D eigenvalue weighted by Crippen LogP contribution is 2.49. The van der Waals surface area contributed by atoms with Gasteiger partial charge in [0.25, 0.3) is 0 Å². The molecule has 0 radical (unpaired) electrons. The van der Waals surface area contributed by atoms with E-state index in [0.29, 0.717) is 10.5 Å². The summed E-state index contributed by atoms with van der Waals surface area (Å²) in [6, 6.07) is 6.48. The van der Waals surface area contributed by atoms with E-state index in [1.54, 1.807) is 6.07 Å². The van der Waals surface area contributed by atoms with Gasteiger partial charge in [0.15, 0.2) is 0 Å². The molecule has 3 heteroatoms. The van der Waals surface area contributed by atoms with E-state index in [9.17, 15) is 9.50 Å². The van der Waals surface area contributed by atoms with Gasteiger partial charge in [0, 0.05) is 10.5 Å². The first-order valence-corrected chi connectivity index (χ1v) is 7.24. The van der Waals surface area contributed by atoms with E-state index in [-0.39, 0.29) is 5.82 Å². The minimum absolute atomic E-state index is 0.251. The van der Waals surface area contributed by atoms with Crippen molar-refractivity contribution in [2.75, 3.05) is 0 Å². The molecule has 2 unspecified atom stereocenters. The van der Waals surface area contributed by atoms with Crippen LogP contribution in [0.4, 0.5) is 4.39 Å². The van der Waals surface area contributed by atoms with Crippen LogP contribution in [0.3, 0.4) is 0 Å². The molecule has 1 aromatic rings. The number of rotatable bonds is 1. The Hall–Kier alpha value is -0.540. The number of aliphatic hydroxyl groups is 1. The SMILES string of the molecule is OC1(c2cccc(F)c2)CC2CCCC(C1)S2. The first kappa shape index (κ1) is 11.5. The summed E-state index contributed by atoms with van der Waals surface area (Å²) in [6.07, 6.45) is 5.22. The number of hydrogen-bond donors (Lipinski definition) is 1. The third-order valence-corrected chi connectivity index (χ3v) is 5.50. The van der Waals surface area contributed by atoms with Crippen molar-refractivity contribution in [1.29, 1.82) is 0 Å². The molecule has 2 atom stereocenters. The van der Waals surface area contributed by atoms with Crippen LogP contribution in [0.25, 0.3) is 0 Å². The van der Waals surface area contributed by atoms with Gasteiger partial charge in [-0.1, -0.05) is 18.6 Å². The lowest BCUT2D eigenvalue weighted by Gasteiger charge is -2.44. The lowest BCUT2D eigenvalue weighted by molar-refractivity contribution is 0.00786.